The summed E-state index contributed by atoms with van der Waals surface area (Å²) in [5, 5.41) is 0. The van der Waals surface area contributed by atoms with Crippen molar-refractivity contribution < 1.29 is 14.3 Å². The number of hydrogen-bond acceptors (Lipinski definition) is 4. The summed E-state index contributed by atoms with van der Waals surface area (Å²) in [4.78, 5) is 13.3. The van der Waals surface area contributed by atoms with Gasteiger partial charge in [0.05, 0.1) is 31.0 Å². The molecule has 0 radical (unpaired) electrons. The van der Waals surface area contributed by atoms with Crippen molar-refractivity contribution in [3.05, 3.63) is 0 Å². The van der Waals surface area contributed by atoms with E-state index in [9.17, 15) is 4.79 Å². The summed E-state index contributed by atoms with van der Waals surface area (Å²) < 4.78 is 11.4. The van der Waals surface area contributed by atoms with Crippen LogP contribution in [-0.2, 0) is 14.3 Å². The maximum absolute atomic E-state index is 11.3. The minimum absolute atomic E-state index is 0.135. The van der Waals surface area contributed by atoms with Crippen LogP contribution in [-0.4, -0.2) is 54.7 Å². The molecule has 4 heteroatoms. The van der Waals surface area contributed by atoms with E-state index in [4.69, 9.17) is 9.47 Å². The molecule has 0 rings (SSSR count). The summed E-state index contributed by atoms with van der Waals surface area (Å²) in [7, 11) is 0. The summed E-state index contributed by atoms with van der Waals surface area (Å²) in [6, 6.07) is 0. The van der Waals surface area contributed by atoms with Crippen molar-refractivity contribution in [2.45, 2.75) is 59.7 Å². The first-order valence-electron chi connectivity index (χ1n) is 6.99. The van der Waals surface area contributed by atoms with Crippen LogP contribution in [0, 0.1) is 0 Å². The van der Waals surface area contributed by atoms with Crippen molar-refractivity contribution >= 4 is 5.78 Å². The van der Waals surface area contributed by atoms with E-state index in [-0.39, 0.29) is 17.0 Å². The Bertz CT molecular complexity index is 244. The standard InChI is InChI=1S/C15H31NO3/c1-13(17)12-16(8-10-18-14(2,3)4)9-11-19-15(5,6)7/h8-12H2,1-7H3. The molecular weight excluding hydrogens is 242 g/mol. The van der Waals surface area contributed by atoms with Gasteiger partial charge in [-0.1, -0.05) is 0 Å². The second-order valence-electron chi connectivity index (χ2n) is 6.90. The number of ether oxygens (including phenoxy) is 2. The van der Waals surface area contributed by atoms with E-state index in [2.05, 4.69) is 4.90 Å². The van der Waals surface area contributed by atoms with Gasteiger partial charge in [-0.2, -0.15) is 0 Å². The molecule has 19 heavy (non-hydrogen) atoms. The molecule has 4 nitrogen and oxygen atoms in total. The topological polar surface area (TPSA) is 38.8 Å². The lowest BCUT2D eigenvalue weighted by atomic mass is 10.2. The molecule has 0 saturated carbocycles. The first-order chi connectivity index (χ1) is 8.49. The van der Waals surface area contributed by atoms with Gasteiger partial charge in [-0.05, 0) is 48.5 Å². The van der Waals surface area contributed by atoms with Gasteiger partial charge in [-0.25, -0.2) is 0 Å². The zero-order chi connectivity index (χ0) is 15.1. The Morgan fingerprint density at radius 3 is 1.53 bits per heavy atom. The summed E-state index contributed by atoms with van der Waals surface area (Å²) in [6.07, 6.45) is 0. The second-order valence-corrected chi connectivity index (χ2v) is 6.90. The number of carbonyl (C=O) groups excluding carboxylic acids is 1. The summed E-state index contributed by atoms with van der Waals surface area (Å²) in [5.74, 6) is 0.173. The van der Waals surface area contributed by atoms with E-state index in [0.717, 1.165) is 13.1 Å². The number of hydrogen-bond donors (Lipinski definition) is 0. The van der Waals surface area contributed by atoms with Gasteiger partial charge in [-0.15, -0.1) is 0 Å². The van der Waals surface area contributed by atoms with Crippen molar-refractivity contribution in [3.8, 4) is 0 Å². The van der Waals surface area contributed by atoms with Crippen molar-refractivity contribution in [1.29, 1.82) is 0 Å². The molecule has 0 saturated heterocycles. The van der Waals surface area contributed by atoms with Crippen LogP contribution < -0.4 is 0 Å². The molecule has 0 N–H and O–H groups in total. The lowest BCUT2D eigenvalue weighted by Crippen LogP contribution is -2.37. The fourth-order valence-corrected chi connectivity index (χ4v) is 1.55. The summed E-state index contributed by atoms with van der Waals surface area (Å²) in [5.41, 5.74) is -0.270. The van der Waals surface area contributed by atoms with E-state index in [1.807, 2.05) is 41.5 Å². The van der Waals surface area contributed by atoms with Crippen LogP contribution in [0.5, 0.6) is 0 Å². The molecule has 0 aliphatic carbocycles. The first-order valence-corrected chi connectivity index (χ1v) is 6.99. The largest absolute Gasteiger partial charge is 0.375 e. The predicted molar refractivity (Wildman–Crippen MR) is 78.5 cm³/mol. The Kier molecular flexibility index (Phi) is 7.79. The number of carbonyl (C=O) groups is 1. The Morgan fingerprint density at radius 1 is 0.895 bits per heavy atom. The highest BCUT2D eigenvalue weighted by Crippen LogP contribution is 2.08. The van der Waals surface area contributed by atoms with Gasteiger partial charge in [0.15, 0.2) is 0 Å². The quantitative estimate of drug-likeness (QED) is 0.681. The lowest BCUT2D eigenvalue weighted by Gasteiger charge is -2.26. The number of nitrogens with zero attached hydrogens (tertiary/aromatic N) is 1. The molecule has 0 bridgehead atoms. The van der Waals surface area contributed by atoms with E-state index >= 15 is 0 Å². The van der Waals surface area contributed by atoms with Gasteiger partial charge >= 0.3 is 0 Å². The average Bonchev–Trinajstić information content (AvgIpc) is 2.11. The van der Waals surface area contributed by atoms with Crippen LogP contribution in [0.2, 0.25) is 0 Å². The van der Waals surface area contributed by atoms with Gasteiger partial charge in [-0.3, -0.25) is 9.69 Å². The highest BCUT2D eigenvalue weighted by Gasteiger charge is 2.14. The highest BCUT2D eigenvalue weighted by atomic mass is 16.5. The highest BCUT2D eigenvalue weighted by molar-refractivity contribution is 5.77. The number of ketones is 1. The Balaban J connectivity index is 4.06. The van der Waals surface area contributed by atoms with E-state index in [1.54, 1.807) is 6.92 Å². The molecule has 0 atom stereocenters. The van der Waals surface area contributed by atoms with Crippen LogP contribution in [0.3, 0.4) is 0 Å². The van der Waals surface area contributed by atoms with E-state index < -0.39 is 0 Å². The predicted octanol–water partition coefficient (Wildman–Crippen LogP) is 2.51. The zero-order valence-corrected chi connectivity index (χ0v) is 13.7. The van der Waals surface area contributed by atoms with Crippen molar-refractivity contribution in [2.75, 3.05) is 32.8 Å². The molecular formula is C15H31NO3. The SMILES string of the molecule is CC(=O)CN(CCOC(C)(C)C)CCOC(C)(C)C. The minimum atomic E-state index is -0.135. The molecule has 0 aromatic rings. The summed E-state index contributed by atoms with van der Waals surface area (Å²) >= 11 is 0. The Labute approximate surface area is 118 Å². The zero-order valence-electron chi connectivity index (χ0n) is 13.7. The number of Topliss-reactive ketones (excluding diaryl/α,β-unsaturated/α-hetero) is 1. The second kappa shape index (κ2) is 7.98. The smallest absolute Gasteiger partial charge is 0.143 e. The van der Waals surface area contributed by atoms with Crippen LogP contribution in [0.4, 0.5) is 0 Å². The summed E-state index contributed by atoms with van der Waals surface area (Å²) in [6.45, 7) is 17.0. The van der Waals surface area contributed by atoms with Crippen molar-refractivity contribution in [3.63, 3.8) is 0 Å². The molecule has 0 heterocycles. The molecule has 0 aromatic carbocycles. The molecule has 0 amide bonds. The minimum Gasteiger partial charge on any atom is -0.375 e. The van der Waals surface area contributed by atoms with Gasteiger partial charge in [0.2, 0.25) is 0 Å². The monoisotopic (exact) mass is 273 g/mol. The van der Waals surface area contributed by atoms with Crippen LogP contribution in [0.1, 0.15) is 48.5 Å². The maximum atomic E-state index is 11.3. The molecule has 0 spiro atoms. The van der Waals surface area contributed by atoms with Gasteiger partial charge in [0.25, 0.3) is 0 Å². The van der Waals surface area contributed by atoms with Crippen LogP contribution in [0.15, 0.2) is 0 Å². The Morgan fingerprint density at radius 2 is 1.26 bits per heavy atom. The van der Waals surface area contributed by atoms with Gasteiger partial charge in [0, 0.05) is 13.1 Å². The fourth-order valence-electron chi connectivity index (χ4n) is 1.55. The van der Waals surface area contributed by atoms with Crippen molar-refractivity contribution in [2.24, 2.45) is 0 Å². The van der Waals surface area contributed by atoms with Gasteiger partial charge < -0.3 is 9.47 Å². The Hall–Kier alpha value is -0.450. The molecule has 0 unspecified atom stereocenters. The van der Waals surface area contributed by atoms with E-state index in [1.165, 1.54) is 0 Å². The first kappa shape index (κ1) is 18.6. The average molecular weight is 273 g/mol. The third-order valence-electron chi connectivity index (χ3n) is 2.33. The van der Waals surface area contributed by atoms with Crippen molar-refractivity contribution in [1.82, 2.24) is 4.90 Å². The molecule has 114 valence electrons. The van der Waals surface area contributed by atoms with E-state index in [0.29, 0.717) is 19.8 Å². The molecule has 0 fully saturated rings. The third-order valence-corrected chi connectivity index (χ3v) is 2.33. The number of rotatable bonds is 8. The van der Waals surface area contributed by atoms with Gasteiger partial charge in [0.1, 0.15) is 5.78 Å². The van der Waals surface area contributed by atoms with Crippen LogP contribution in [0.25, 0.3) is 0 Å². The van der Waals surface area contributed by atoms with Crippen LogP contribution >= 0.6 is 0 Å². The lowest BCUT2D eigenvalue weighted by molar-refractivity contribution is -0.118. The fraction of sp³-hybridized carbons (Fsp3) is 0.933. The molecule has 0 aromatic heterocycles. The molecule has 0 aliphatic heterocycles. The molecule has 0 aliphatic rings. The normalized spacial score (nSPS) is 13.1. The maximum Gasteiger partial charge on any atom is 0.143 e. The third kappa shape index (κ3) is 13.8.